The van der Waals surface area contributed by atoms with Gasteiger partial charge in [0.1, 0.15) is 5.82 Å². The van der Waals surface area contributed by atoms with E-state index in [9.17, 15) is 4.39 Å². The van der Waals surface area contributed by atoms with Gasteiger partial charge in [0.05, 0.1) is 11.6 Å². The van der Waals surface area contributed by atoms with Crippen LogP contribution in [0.15, 0.2) is 59.2 Å². The van der Waals surface area contributed by atoms with Crippen molar-refractivity contribution in [3.05, 3.63) is 76.1 Å². The topological polar surface area (TPSA) is 24.9 Å². The Labute approximate surface area is 131 Å². The van der Waals surface area contributed by atoms with E-state index in [0.717, 1.165) is 26.5 Å². The van der Waals surface area contributed by atoms with Crippen LogP contribution in [-0.2, 0) is 0 Å². The normalized spacial score (nSPS) is 12.5. The SMILES string of the molecule is CNC(c1cc(F)ccc1Br)c1cccc2cccnc12. The van der Waals surface area contributed by atoms with E-state index >= 15 is 0 Å². The van der Waals surface area contributed by atoms with Gasteiger partial charge in [-0.1, -0.05) is 40.2 Å². The lowest BCUT2D eigenvalue weighted by Gasteiger charge is -2.20. The van der Waals surface area contributed by atoms with E-state index in [2.05, 4.69) is 26.2 Å². The van der Waals surface area contributed by atoms with Gasteiger partial charge in [0, 0.05) is 16.1 Å². The molecular weight excluding hydrogens is 331 g/mol. The van der Waals surface area contributed by atoms with Crippen molar-refractivity contribution in [1.82, 2.24) is 10.3 Å². The van der Waals surface area contributed by atoms with Gasteiger partial charge in [-0.05, 0) is 42.4 Å². The molecule has 0 aliphatic heterocycles. The Morgan fingerprint density at radius 2 is 1.90 bits per heavy atom. The molecule has 0 fully saturated rings. The maximum absolute atomic E-state index is 13.6. The highest BCUT2D eigenvalue weighted by Crippen LogP contribution is 2.32. The zero-order valence-corrected chi connectivity index (χ0v) is 13.1. The van der Waals surface area contributed by atoms with Crippen molar-refractivity contribution in [3.8, 4) is 0 Å². The average Bonchev–Trinajstić information content (AvgIpc) is 2.51. The second-order valence-corrected chi connectivity index (χ2v) is 5.66. The summed E-state index contributed by atoms with van der Waals surface area (Å²) in [7, 11) is 1.86. The maximum Gasteiger partial charge on any atom is 0.123 e. The molecule has 1 unspecified atom stereocenters. The van der Waals surface area contributed by atoms with Gasteiger partial charge in [0.25, 0.3) is 0 Å². The summed E-state index contributed by atoms with van der Waals surface area (Å²) in [6, 6.07) is 14.6. The third-order valence-electron chi connectivity index (χ3n) is 3.53. The lowest BCUT2D eigenvalue weighted by atomic mass is 9.96. The molecule has 0 radical (unpaired) electrons. The largest absolute Gasteiger partial charge is 0.309 e. The molecule has 0 aliphatic carbocycles. The summed E-state index contributed by atoms with van der Waals surface area (Å²) in [6.45, 7) is 0. The third kappa shape index (κ3) is 2.69. The minimum Gasteiger partial charge on any atom is -0.309 e. The average molecular weight is 345 g/mol. The summed E-state index contributed by atoms with van der Waals surface area (Å²) >= 11 is 3.51. The standard InChI is InChI=1S/C17H14BrFN2/c1-20-17(14-10-12(19)7-8-15(14)18)13-6-2-4-11-5-3-9-21-16(11)13/h2-10,17,20H,1H3. The summed E-state index contributed by atoms with van der Waals surface area (Å²) in [5, 5.41) is 4.33. The van der Waals surface area contributed by atoms with Gasteiger partial charge in [-0.15, -0.1) is 0 Å². The molecule has 2 nitrogen and oxygen atoms in total. The van der Waals surface area contributed by atoms with Crippen LogP contribution < -0.4 is 5.32 Å². The van der Waals surface area contributed by atoms with Gasteiger partial charge in [0.15, 0.2) is 0 Å². The van der Waals surface area contributed by atoms with Crippen LogP contribution in [0.25, 0.3) is 10.9 Å². The van der Waals surface area contributed by atoms with E-state index in [4.69, 9.17) is 0 Å². The van der Waals surface area contributed by atoms with Gasteiger partial charge in [-0.25, -0.2) is 4.39 Å². The number of halogens is 2. The van der Waals surface area contributed by atoms with E-state index in [1.807, 2.05) is 37.4 Å². The molecule has 0 saturated carbocycles. The van der Waals surface area contributed by atoms with Crippen molar-refractivity contribution >= 4 is 26.8 Å². The Hall–Kier alpha value is -1.78. The minimum absolute atomic E-state index is 0.131. The fourth-order valence-corrected chi connectivity index (χ4v) is 3.05. The Balaban J connectivity index is 2.21. The van der Waals surface area contributed by atoms with Crippen molar-refractivity contribution in [2.45, 2.75) is 6.04 Å². The van der Waals surface area contributed by atoms with Crippen LogP contribution in [0.1, 0.15) is 17.2 Å². The van der Waals surface area contributed by atoms with Crippen molar-refractivity contribution < 1.29 is 4.39 Å². The van der Waals surface area contributed by atoms with E-state index in [0.29, 0.717) is 0 Å². The fourth-order valence-electron chi connectivity index (χ4n) is 2.58. The number of aromatic nitrogens is 1. The molecule has 1 atom stereocenters. The number of pyridine rings is 1. The molecule has 3 rings (SSSR count). The second kappa shape index (κ2) is 5.92. The Morgan fingerprint density at radius 3 is 2.71 bits per heavy atom. The number of rotatable bonds is 3. The monoisotopic (exact) mass is 344 g/mol. The summed E-state index contributed by atoms with van der Waals surface area (Å²) < 4.78 is 14.5. The maximum atomic E-state index is 13.6. The molecule has 1 N–H and O–H groups in total. The molecule has 1 heterocycles. The number of para-hydroxylation sites is 1. The molecule has 1 aromatic heterocycles. The molecule has 3 aromatic rings. The first-order chi connectivity index (χ1) is 10.2. The van der Waals surface area contributed by atoms with E-state index in [-0.39, 0.29) is 11.9 Å². The highest BCUT2D eigenvalue weighted by Gasteiger charge is 2.18. The van der Waals surface area contributed by atoms with Crippen LogP contribution >= 0.6 is 15.9 Å². The molecule has 0 amide bonds. The Kier molecular flexibility index (Phi) is 3.99. The van der Waals surface area contributed by atoms with Crippen LogP contribution in [-0.4, -0.2) is 12.0 Å². The number of fused-ring (bicyclic) bond motifs is 1. The molecule has 0 aliphatic rings. The zero-order valence-electron chi connectivity index (χ0n) is 11.5. The molecule has 0 spiro atoms. The van der Waals surface area contributed by atoms with Crippen LogP contribution in [0.4, 0.5) is 4.39 Å². The van der Waals surface area contributed by atoms with Gasteiger partial charge >= 0.3 is 0 Å². The van der Waals surface area contributed by atoms with Crippen LogP contribution in [0.2, 0.25) is 0 Å². The van der Waals surface area contributed by atoms with Gasteiger partial charge in [0.2, 0.25) is 0 Å². The smallest absolute Gasteiger partial charge is 0.123 e. The minimum atomic E-state index is -0.248. The van der Waals surface area contributed by atoms with Crippen LogP contribution in [0.5, 0.6) is 0 Å². The molecule has 21 heavy (non-hydrogen) atoms. The van der Waals surface area contributed by atoms with E-state index < -0.39 is 0 Å². The number of nitrogens with one attached hydrogen (secondary N) is 1. The predicted octanol–water partition coefficient (Wildman–Crippen LogP) is 4.45. The number of nitrogens with zero attached hydrogens (tertiary/aromatic N) is 1. The number of hydrogen-bond donors (Lipinski definition) is 1. The van der Waals surface area contributed by atoms with Crippen LogP contribution in [0, 0.1) is 5.82 Å². The van der Waals surface area contributed by atoms with Crippen molar-refractivity contribution in [2.24, 2.45) is 0 Å². The lowest BCUT2D eigenvalue weighted by Crippen LogP contribution is -2.19. The van der Waals surface area contributed by atoms with Crippen molar-refractivity contribution in [3.63, 3.8) is 0 Å². The Morgan fingerprint density at radius 1 is 1.10 bits per heavy atom. The number of benzene rings is 2. The number of hydrogen-bond acceptors (Lipinski definition) is 2. The summed E-state index contributed by atoms with van der Waals surface area (Å²) in [6.07, 6.45) is 1.78. The summed E-state index contributed by atoms with van der Waals surface area (Å²) in [4.78, 5) is 4.48. The Bertz CT molecular complexity index is 783. The van der Waals surface area contributed by atoms with E-state index in [1.165, 1.54) is 6.07 Å². The molecular formula is C17H14BrFN2. The predicted molar refractivity (Wildman–Crippen MR) is 86.7 cm³/mol. The van der Waals surface area contributed by atoms with Gasteiger partial charge < -0.3 is 5.32 Å². The molecule has 0 bridgehead atoms. The third-order valence-corrected chi connectivity index (χ3v) is 4.25. The van der Waals surface area contributed by atoms with Crippen LogP contribution in [0.3, 0.4) is 0 Å². The van der Waals surface area contributed by atoms with Gasteiger partial charge in [-0.3, -0.25) is 4.98 Å². The first-order valence-electron chi connectivity index (χ1n) is 6.66. The van der Waals surface area contributed by atoms with E-state index in [1.54, 1.807) is 18.3 Å². The highest BCUT2D eigenvalue weighted by molar-refractivity contribution is 9.10. The molecule has 0 saturated heterocycles. The summed E-state index contributed by atoms with van der Waals surface area (Å²) in [5.41, 5.74) is 2.81. The molecule has 106 valence electrons. The fraction of sp³-hybridized carbons (Fsp3) is 0.118. The van der Waals surface area contributed by atoms with Gasteiger partial charge in [-0.2, -0.15) is 0 Å². The highest BCUT2D eigenvalue weighted by atomic mass is 79.9. The van der Waals surface area contributed by atoms with Crippen molar-refractivity contribution in [1.29, 1.82) is 0 Å². The first-order valence-corrected chi connectivity index (χ1v) is 7.46. The molecule has 2 aromatic carbocycles. The molecule has 4 heteroatoms. The quantitative estimate of drug-likeness (QED) is 0.759. The van der Waals surface area contributed by atoms with Crippen molar-refractivity contribution in [2.75, 3.05) is 7.05 Å². The first kappa shape index (κ1) is 14.2. The summed E-state index contributed by atoms with van der Waals surface area (Å²) in [5.74, 6) is -0.248. The zero-order chi connectivity index (χ0) is 14.8. The second-order valence-electron chi connectivity index (χ2n) is 4.81. The lowest BCUT2D eigenvalue weighted by molar-refractivity contribution is 0.616.